The number of thioether (sulfide) groups is 1. The fourth-order valence-corrected chi connectivity index (χ4v) is 3.72. The number of aromatic nitrogens is 2. The molecule has 0 radical (unpaired) electrons. The molecule has 2 heterocycles. The van der Waals surface area contributed by atoms with Gasteiger partial charge < -0.3 is 10.4 Å². The SMILES string of the molecule is Oc1ccccc1Nc1ncnc2ccc3c(c12)CCS3. The van der Waals surface area contributed by atoms with Crippen molar-refractivity contribution in [1.29, 1.82) is 0 Å². The van der Waals surface area contributed by atoms with E-state index in [0.29, 0.717) is 5.69 Å². The molecule has 2 N–H and O–H groups in total. The third-order valence-corrected chi connectivity index (χ3v) is 4.74. The molecule has 0 unspecified atom stereocenters. The van der Waals surface area contributed by atoms with Gasteiger partial charge in [-0.05, 0) is 36.2 Å². The Morgan fingerprint density at radius 2 is 2.00 bits per heavy atom. The van der Waals surface area contributed by atoms with Gasteiger partial charge in [0.2, 0.25) is 0 Å². The van der Waals surface area contributed by atoms with E-state index in [4.69, 9.17) is 0 Å². The summed E-state index contributed by atoms with van der Waals surface area (Å²) < 4.78 is 0. The van der Waals surface area contributed by atoms with E-state index < -0.39 is 0 Å². The Hall–Kier alpha value is -2.27. The number of aromatic hydroxyl groups is 1. The minimum absolute atomic E-state index is 0.214. The summed E-state index contributed by atoms with van der Waals surface area (Å²) in [5.74, 6) is 2.06. The van der Waals surface area contributed by atoms with Gasteiger partial charge in [0, 0.05) is 16.0 Å². The normalized spacial score (nSPS) is 13.3. The molecule has 21 heavy (non-hydrogen) atoms. The topological polar surface area (TPSA) is 58.0 Å². The smallest absolute Gasteiger partial charge is 0.142 e. The van der Waals surface area contributed by atoms with Crippen molar-refractivity contribution < 1.29 is 5.11 Å². The van der Waals surface area contributed by atoms with Gasteiger partial charge in [0.15, 0.2) is 0 Å². The van der Waals surface area contributed by atoms with Crippen LogP contribution < -0.4 is 5.32 Å². The van der Waals surface area contributed by atoms with Crippen LogP contribution in [0.2, 0.25) is 0 Å². The van der Waals surface area contributed by atoms with Gasteiger partial charge in [-0.15, -0.1) is 11.8 Å². The van der Waals surface area contributed by atoms with Gasteiger partial charge in [-0.1, -0.05) is 12.1 Å². The molecule has 2 aromatic carbocycles. The van der Waals surface area contributed by atoms with Crippen molar-refractivity contribution in [3.8, 4) is 5.75 Å². The molecule has 1 aliphatic rings. The molecule has 4 nitrogen and oxygen atoms in total. The number of para-hydroxylation sites is 2. The van der Waals surface area contributed by atoms with Gasteiger partial charge in [-0.25, -0.2) is 9.97 Å². The third kappa shape index (κ3) is 2.10. The van der Waals surface area contributed by atoms with Crippen LogP contribution >= 0.6 is 11.8 Å². The number of nitrogens with one attached hydrogen (secondary N) is 1. The van der Waals surface area contributed by atoms with Crippen molar-refractivity contribution in [2.24, 2.45) is 0 Å². The average Bonchev–Trinajstić information content (AvgIpc) is 2.98. The lowest BCUT2D eigenvalue weighted by molar-refractivity contribution is 0.478. The van der Waals surface area contributed by atoms with E-state index in [0.717, 1.165) is 28.9 Å². The lowest BCUT2D eigenvalue weighted by Gasteiger charge is -2.12. The Balaban J connectivity index is 1.89. The van der Waals surface area contributed by atoms with E-state index in [-0.39, 0.29) is 5.75 Å². The molecular weight excluding hydrogens is 282 g/mol. The van der Waals surface area contributed by atoms with Crippen molar-refractivity contribution in [2.45, 2.75) is 11.3 Å². The number of hydrogen-bond acceptors (Lipinski definition) is 5. The van der Waals surface area contributed by atoms with Crippen LogP contribution in [0.1, 0.15) is 5.56 Å². The maximum absolute atomic E-state index is 9.93. The highest BCUT2D eigenvalue weighted by Crippen LogP contribution is 2.39. The summed E-state index contributed by atoms with van der Waals surface area (Å²) in [5.41, 5.74) is 2.89. The Labute approximate surface area is 126 Å². The molecule has 0 aliphatic carbocycles. The number of anilines is 2. The van der Waals surface area contributed by atoms with Gasteiger partial charge in [0.1, 0.15) is 17.9 Å². The fourth-order valence-electron chi connectivity index (χ4n) is 2.65. The lowest BCUT2D eigenvalue weighted by atomic mass is 10.1. The molecule has 0 saturated heterocycles. The Bertz CT molecular complexity index is 835. The first kappa shape index (κ1) is 12.5. The molecule has 1 aromatic heterocycles. The van der Waals surface area contributed by atoms with Gasteiger partial charge in [-0.2, -0.15) is 0 Å². The summed E-state index contributed by atoms with van der Waals surface area (Å²) in [6.07, 6.45) is 2.58. The second kappa shape index (κ2) is 4.93. The van der Waals surface area contributed by atoms with Crippen molar-refractivity contribution in [3.63, 3.8) is 0 Å². The Kier molecular flexibility index (Phi) is 2.93. The first-order valence-electron chi connectivity index (χ1n) is 6.77. The van der Waals surface area contributed by atoms with Crippen molar-refractivity contribution >= 4 is 34.2 Å². The highest BCUT2D eigenvalue weighted by Gasteiger charge is 2.18. The maximum Gasteiger partial charge on any atom is 0.142 e. The van der Waals surface area contributed by atoms with Crippen LogP contribution in [-0.4, -0.2) is 20.8 Å². The highest BCUT2D eigenvalue weighted by molar-refractivity contribution is 7.99. The number of nitrogens with zero attached hydrogens (tertiary/aromatic N) is 2. The van der Waals surface area contributed by atoms with Crippen LogP contribution in [0.3, 0.4) is 0 Å². The van der Waals surface area contributed by atoms with Crippen molar-refractivity contribution in [3.05, 3.63) is 48.3 Å². The fraction of sp³-hybridized carbons (Fsp3) is 0.125. The largest absolute Gasteiger partial charge is 0.506 e. The average molecular weight is 295 g/mol. The van der Waals surface area contributed by atoms with E-state index in [2.05, 4.69) is 21.4 Å². The van der Waals surface area contributed by atoms with Crippen LogP contribution in [0.15, 0.2) is 47.6 Å². The maximum atomic E-state index is 9.93. The summed E-state index contributed by atoms with van der Waals surface area (Å²) in [5, 5.41) is 14.2. The van der Waals surface area contributed by atoms with Crippen LogP contribution in [0, 0.1) is 0 Å². The number of fused-ring (bicyclic) bond motifs is 3. The number of benzene rings is 2. The number of phenols is 1. The first-order chi connectivity index (χ1) is 10.3. The first-order valence-corrected chi connectivity index (χ1v) is 7.76. The van der Waals surface area contributed by atoms with E-state index in [9.17, 15) is 5.11 Å². The molecule has 3 aromatic rings. The number of hydrogen-bond donors (Lipinski definition) is 2. The van der Waals surface area contributed by atoms with Gasteiger partial charge >= 0.3 is 0 Å². The molecule has 1 aliphatic heterocycles. The molecule has 0 atom stereocenters. The predicted molar refractivity (Wildman–Crippen MR) is 85.4 cm³/mol. The molecule has 0 spiro atoms. The number of phenolic OH excluding ortho intramolecular Hbond substituents is 1. The minimum atomic E-state index is 0.214. The Morgan fingerprint density at radius 1 is 1.10 bits per heavy atom. The van der Waals surface area contributed by atoms with Crippen LogP contribution in [-0.2, 0) is 6.42 Å². The molecule has 0 bridgehead atoms. The van der Waals surface area contributed by atoms with E-state index in [1.807, 2.05) is 30.0 Å². The number of rotatable bonds is 2. The zero-order valence-corrected chi connectivity index (χ0v) is 12.0. The zero-order valence-electron chi connectivity index (χ0n) is 11.2. The highest BCUT2D eigenvalue weighted by atomic mass is 32.2. The molecular formula is C16H13N3OS. The molecule has 5 heteroatoms. The van der Waals surface area contributed by atoms with E-state index >= 15 is 0 Å². The molecule has 0 amide bonds. The van der Waals surface area contributed by atoms with Crippen LogP contribution in [0.4, 0.5) is 11.5 Å². The summed E-state index contributed by atoms with van der Waals surface area (Å²) in [4.78, 5) is 10.0. The zero-order chi connectivity index (χ0) is 14.2. The molecule has 0 fully saturated rings. The van der Waals surface area contributed by atoms with E-state index in [1.165, 1.54) is 10.5 Å². The van der Waals surface area contributed by atoms with Crippen molar-refractivity contribution in [2.75, 3.05) is 11.1 Å². The van der Waals surface area contributed by atoms with Gasteiger partial charge in [0.25, 0.3) is 0 Å². The van der Waals surface area contributed by atoms with Crippen LogP contribution in [0.25, 0.3) is 10.9 Å². The standard InChI is InChI=1S/C16H13N3OS/c20-13-4-2-1-3-11(13)19-16-15-10-7-8-21-14(10)6-5-12(15)17-9-18-16/h1-6,9,20H,7-8H2,(H,17,18,19). The molecule has 4 rings (SSSR count). The third-order valence-electron chi connectivity index (χ3n) is 3.64. The van der Waals surface area contributed by atoms with Crippen LogP contribution in [0.5, 0.6) is 5.75 Å². The second-order valence-corrected chi connectivity index (χ2v) is 6.04. The van der Waals surface area contributed by atoms with Crippen molar-refractivity contribution in [1.82, 2.24) is 9.97 Å². The predicted octanol–water partition coefficient (Wildman–Crippen LogP) is 3.73. The lowest BCUT2D eigenvalue weighted by Crippen LogP contribution is -1.98. The summed E-state index contributed by atoms with van der Waals surface area (Å²) in [6, 6.07) is 11.3. The monoisotopic (exact) mass is 295 g/mol. The summed E-state index contributed by atoms with van der Waals surface area (Å²) in [7, 11) is 0. The van der Waals surface area contributed by atoms with Gasteiger partial charge in [0.05, 0.1) is 11.2 Å². The molecule has 0 saturated carbocycles. The summed E-state index contributed by atoms with van der Waals surface area (Å²) in [6.45, 7) is 0. The molecule has 104 valence electrons. The quantitative estimate of drug-likeness (QED) is 0.706. The van der Waals surface area contributed by atoms with E-state index in [1.54, 1.807) is 18.5 Å². The second-order valence-electron chi connectivity index (χ2n) is 4.90. The summed E-state index contributed by atoms with van der Waals surface area (Å²) >= 11 is 1.87. The minimum Gasteiger partial charge on any atom is -0.506 e. The van der Waals surface area contributed by atoms with Gasteiger partial charge in [-0.3, -0.25) is 0 Å². The Morgan fingerprint density at radius 3 is 2.90 bits per heavy atom. The number of aryl methyl sites for hydroxylation is 1.